The maximum atomic E-state index is 12.2. The number of ether oxygens (including phenoxy) is 4. The molecule has 0 unspecified atom stereocenters. The van der Waals surface area contributed by atoms with Crippen molar-refractivity contribution in [3.63, 3.8) is 0 Å². The van der Waals surface area contributed by atoms with Gasteiger partial charge in [0.1, 0.15) is 5.75 Å². The van der Waals surface area contributed by atoms with Gasteiger partial charge in [0.15, 0.2) is 11.5 Å². The number of halogens is 1. The molecule has 0 aromatic heterocycles. The van der Waals surface area contributed by atoms with E-state index in [-0.39, 0.29) is 6.03 Å². The number of benzene rings is 2. The first kappa shape index (κ1) is 20.7. The van der Waals surface area contributed by atoms with Gasteiger partial charge in [0, 0.05) is 23.2 Å². The van der Waals surface area contributed by atoms with E-state index in [2.05, 4.69) is 26.6 Å². The fourth-order valence-electron chi connectivity index (χ4n) is 2.58. The van der Waals surface area contributed by atoms with Crippen LogP contribution < -0.4 is 29.6 Å². The maximum Gasteiger partial charge on any atom is 0.319 e. The van der Waals surface area contributed by atoms with Crippen molar-refractivity contribution in [3.8, 4) is 23.0 Å². The molecular weight excluding hydrogens is 416 g/mol. The van der Waals surface area contributed by atoms with E-state index in [4.69, 9.17) is 18.9 Å². The van der Waals surface area contributed by atoms with E-state index in [1.807, 2.05) is 18.2 Å². The minimum Gasteiger partial charge on any atom is -0.496 e. The van der Waals surface area contributed by atoms with Crippen molar-refractivity contribution in [3.05, 3.63) is 40.4 Å². The van der Waals surface area contributed by atoms with Crippen LogP contribution in [0.25, 0.3) is 0 Å². The first-order valence-electron chi connectivity index (χ1n) is 8.19. The van der Waals surface area contributed by atoms with Crippen LogP contribution in [0.15, 0.2) is 34.8 Å². The van der Waals surface area contributed by atoms with Crippen LogP contribution in [-0.4, -0.2) is 41.0 Å². The third kappa shape index (κ3) is 5.43. The molecule has 0 atom stereocenters. The van der Waals surface area contributed by atoms with Crippen molar-refractivity contribution in [1.29, 1.82) is 0 Å². The van der Waals surface area contributed by atoms with Crippen LogP contribution in [0.1, 0.15) is 5.56 Å². The molecule has 2 rings (SSSR count). The smallest absolute Gasteiger partial charge is 0.319 e. The number of nitrogens with one attached hydrogen (secondary N) is 2. The van der Waals surface area contributed by atoms with E-state index in [9.17, 15) is 4.79 Å². The molecule has 8 heteroatoms. The molecule has 0 saturated heterocycles. The third-order valence-corrected chi connectivity index (χ3v) is 4.34. The Morgan fingerprint density at radius 3 is 2.11 bits per heavy atom. The molecule has 2 aromatic carbocycles. The molecule has 146 valence electrons. The summed E-state index contributed by atoms with van der Waals surface area (Å²) >= 11 is 3.44. The summed E-state index contributed by atoms with van der Waals surface area (Å²) in [6, 6.07) is 8.76. The summed E-state index contributed by atoms with van der Waals surface area (Å²) in [6.07, 6.45) is 0.630. The Hall–Kier alpha value is -2.61. The fraction of sp³-hybridized carbons (Fsp3) is 0.316. The van der Waals surface area contributed by atoms with E-state index in [1.165, 1.54) is 21.3 Å². The van der Waals surface area contributed by atoms with Crippen LogP contribution in [0.5, 0.6) is 23.0 Å². The summed E-state index contributed by atoms with van der Waals surface area (Å²) in [7, 11) is 6.19. The zero-order valence-electron chi connectivity index (χ0n) is 15.7. The molecule has 0 aliphatic heterocycles. The lowest BCUT2D eigenvalue weighted by Crippen LogP contribution is -2.30. The minimum absolute atomic E-state index is 0.335. The number of anilines is 1. The zero-order chi connectivity index (χ0) is 19.8. The standard InChI is InChI=1S/C19H23BrN2O5/c1-24-15-6-5-13(20)9-12(15)7-8-21-19(23)22-14-10-16(25-2)18(27-4)17(11-14)26-3/h5-6,9-11H,7-8H2,1-4H3,(H2,21,22,23). The maximum absolute atomic E-state index is 12.2. The van der Waals surface area contributed by atoms with Crippen molar-refractivity contribution >= 4 is 27.6 Å². The topological polar surface area (TPSA) is 78.1 Å². The predicted molar refractivity (Wildman–Crippen MR) is 108 cm³/mol. The van der Waals surface area contributed by atoms with E-state index in [0.29, 0.717) is 35.9 Å². The van der Waals surface area contributed by atoms with Gasteiger partial charge in [0.2, 0.25) is 5.75 Å². The second-order valence-electron chi connectivity index (χ2n) is 5.50. The molecule has 0 saturated carbocycles. The summed E-state index contributed by atoms with van der Waals surface area (Å²) < 4.78 is 22.1. The van der Waals surface area contributed by atoms with Gasteiger partial charge in [-0.15, -0.1) is 0 Å². The quantitative estimate of drug-likeness (QED) is 0.654. The number of methoxy groups -OCH3 is 4. The van der Waals surface area contributed by atoms with Crippen LogP contribution in [0, 0.1) is 0 Å². The molecule has 0 aliphatic rings. The molecule has 2 amide bonds. The number of hydrogen-bond donors (Lipinski definition) is 2. The molecule has 27 heavy (non-hydrogen) atoms. The van der Waals surface area contributed by atoms with Gasteiger partial charge in [-0.25, -0.2) is 4.79 Å². The van der Waals surface area contributed by atoms with Crippen LogP contribution >= 0.6 is 15.9 Å². The lowest BCUT2D eigenvalue weighted by atomic mass is 10.1. The Morgan fingerprint density at radius 2 is 1.56 bits per heavy atom. The number of hydrogen-bond acceptors (Lipinski definition) is 5. The summed E-state index contributed by atoms with van der Waals surface area (Å²) in [5.74, 6) is 2.18. The predicted octanol–water partition coefficient (Wildman–Crippen LogP) is 3.85. The van der Waals surface area contributed by atoms with E-state index in [0.717, 1.165) is 15.8 Å². The van der Waals surface area contributed by atoms with Gasteiger partial charge < -0.3 is 29.6 Å². The summed E-state index contributed by atoms with van der Waals surface area (Å²) in [4.78, 5) is 12.2. The summed E-state index contributed by atoms with van der Waals surface area (Å²) in [5.41, 5.74) is 1.53. The van der Waals surface area contributed by atoms with Crippen LogP contribution in [0.2, 0.25) is 0 Å². The first-order chi connectivity index (χ1) is 13.0. The molecule has 0 fully saturated rings. The lowest BCUT2D eigenvalue weighted by molar-refractivity contribution is 0.252. The third-order valence-electron chi connectivity index (χ3n) is 3.84. The van der Waals surface area contributed by atoms with Gasteiger partial charge in [0.25, 0.3) is 0 Å². The molecule has 2 aromatic rings. The van der Waals surface area contributed by atoms with E-state index >= 15 is 0 Å². The van der Waals surface area contributed by atoms with Crippen LogP contribution in [0.4, 0.5) is 10.5 Å². The Labute approximate surface area is 167 Å². The monoisotopic (exact) mass is 438 g/mol. The van der Waals surface area contributed by atoms with Crippen molar-refractivity contribution in [2.24, 2.45) is 0 Å². The highest BCUT2D eigenvalue weighted by atomic mass is 79.9. The highest BCUT2D eigenvalue weighted by Gasteiger charge is 2.14. The number of rotatable bonds is 8. The summed E-state index contributed by atoms with van der Waals surface area (Å²) in [5, 5.41) is 5.58. The molecule has 7 nitrogen and oxygen atoms in total. The van der Waals surface area contributed by atoms with Crippen molar-refractivity contribution in [1.82, 2.24) is 5.32 Å². The minimum atomic E-state index is -0.335. The normalized spacial score (nSPS) is 10.1. The van der Waals surface area contributed by atoms with Gasteiger partial charge >= 0.3 is 6.03 Å². The highest BCUT2D eigenvalue weighted by molar-refractivity contribution is 9.10. The van der Waals surface area contributed by atoms with E-state index in [1.54, 1.807) is 19.2 Å². The number of amides is 2. The largest absolute Gasteiger partial charge is 0.496 e. The molecule has 2 N–H and O–H groups in total. The lowest BCUT2D eigenvalue weighted by Gasteiger charge is -2.15. The van der Waals surface area contributed by atoms with Gasteiger partial charge in [-0.1, -0.05) is 15.9 Å². The fourth-order valence-corrected chi connectivity index (χ4v) is 2.99. The van der Waals surface area contributed by atoms with Gasteiger partial charge in [-0.2, -0.15) is 0 Å². The number of carbonyl (C=O) groups is 1. The van der Waals surface area contributed by atoms with Crippen LogP contribution in [0.3, 0.4) is 0 Å². The van der Waals surface area contributed by atoms with Gasteiger partial charge in [0.05, 0.1) is 34.1 Å². The SMILES string of the molecule is COc1ccc(Br)cc1CCNC(=O)Nc1cc(OC)c(OC)c(OC)c1. The number of carbonyl (C=O) groups excluding carboxylic acids is 1. The molecule has 0 aliphatic carbocycles. The molecule has 0 radical (unpaired) electrons. The average Bonchev–Trinajstić information content (AvgIpc) is 2.67. The molecule has 0 bridgehead atoms. The zero-order valence-corrected chi connectivity index (χ0v) is 17.3. The van der Waals surface area contributed by atoms with E-state index < -0.39 is 0 Å². The Bertz CT molecular complexity index is 773. The highest BCUT2D eigenvalue weighted by Crippen LogP contribution is 2.39. The molecule has 0 spiro atoms. The van der Waals surface area contributed by atoms with Gasteiger partial charge in [-0.3, -0.25) is 0 Å². The molecular formula is C19H23BrN2O5. The van der Waals surface area contributed by atoms with Crippen molar-refractivity contribution in [2.45, 2.75) is 6.42 Å². The van der Waals surface area contributed by atoms with Gasteiger partial charge in [-0.05, 0) is 30.2 Å². The Kier molecular flexibility index (Phi) is 7.60. The summed E-state index contributed by atoms with van der Waals surface area (Å²) in [6.45, 7) is 0.447. The number of urea groups is 1. The molecule has 0 heterocycles. The first-order valence-corrected chi connectivity index (χ1v) is 8.99. The Balaban J connectivity index is 1.99. The average molecular weight is 439 g/mol. The second-order valence-corrected chi connectivity index (χ2v) is 6.42. The second kappa shape index (κ2) is 9.91. The van der Waals surface area contributed by atoms with Crippen molar-refractivity contribution in [2.75, 3.05) is 40.3 Å². The van der Waals surface area contributed by atoms with Crippen LogP contribution in [-0.2, 0) is 6.42 Å². The van der Waals surface area contributed by atoms with Crippen molar-refractivity contribution < 1.29 is 23.7 Å². The Morgan fingerprint density at radius 1 is 0.926 bits per heavy atom.